The minimum atomic E-state index is -1.18. The Kier molecular flexibility index (Phi) is 28.4. The number of rotatable bonds is 23. The summed E-state index contributed by atoms with van der Waals surface area (Å²) in [5.74, 6) is -2.93. The van der Waals surface area contributed by atoms with Gasteiger partial charge in [0.05, 0.1) is 32.5 Å². The predicted molar refractivity (Wildman–Crippen MR) is 169 cm³/mol. The molecule has 0 bridgehead atoms. The van der Waals surface area contributed by atoms with Crippen LogP contribution in [0.4, 0.5) is 0 Å². The molecular formula is C32H55N2O12+. The van der Waals surface area contributed by atoms with Crippen molar-refractivity contribution in [2.24, 2.45) is 0 Å². The van der Waals surface area contributed by atoms with E-state index in [9.17, 15) is 28.8 Å². The SMILES string of the molecule is CC(C)[NH3+].COCCOCCCC(=O)CC/C(=C/C(=O)NC(C)C)C(=O)O.COCCOCCCC(=O)CCC1=CC(=O)OC1=O. The van der Waals surface area contributed by atoms with E-state index in [1.165, 1.54) is 0 Å². The Morgan fingerprint density at radius 3 is 1.74 bits per heavy atom. The first kappa shape index (κ1) is 44.8. The van der Waals surface area contributed by atoms with Gasteiger partial charge in [0, 0.05) is 82.5 Å². The van der Waals surface area contributed by atoms with Crippen LogP contribution in [0, 0.1) is 0 Å². The molecule has 1 aliphatic heterocycles. The van der Waals surface area contributed by atoms with Gasteiger partial charge in [0.15, 0.2) is 0 Å². The number of hydrogen-bond donors (Lipinski definition) is 3. The molecule has 1 amide bonds. The lowest BCUT2D eigenvalue weighted by Crippen LogP contribution is -2.57. The van der Waals surface area contributed by atoms with Gasteiger partial charge in [-0.25, -0.2) is 14.4 Å². The molecule has 0 saturated carbocycles. The number of carboxylic acid groups (broad SMARTS) is 1. The number of ketones is 2. The van der Waals surface area contributed by atoms with Gasteiger partial charge in [-0.05, 0) is 53.4 Å². The van der Waals surface area contributed by atoms with E-state index in [2.05, 4.69) is 29.6 Å². The number of ether oxygens (including phenoxy) is 5. The zero-order valence-corrected chi connectivity index (χ0v) is 28.4. The normalized spacial score (nSPS) is 12.5. The molecule has 0 aromatic heterocycles. The number of hydrogen-bond acceptors (Lipinski definition) is 11. The maximum Gasteiger partial charge on any atom is 0.342 e. The first-order valence-electron chi connectivity index (χ1n) is 15.4. The average Bonchev–Trinajstić information content (AvgIpc) is 3.29. The van der Waals surface area contributed by atoms with Gasteiger partial charge in [-0.2, -0.15) is 0 Å². The van der Waals surface area contributed by atoms with E-state index in [4.69, 9.17) is 24.1 Å². The van der Waals surface area contributed by atoms with Gasteiger partial charge in [-0.3, -0.25) is 14.4 Å². The van der Waals surface area contributed by atoms with E-state index in [1.807, 2.05) is 0 Å². The fraction of sp³-hybridized carbons (Fsp3) is 0.688. The fourth-order valence-electron chi connectivity index (χ4n) is 3.32. The summed E-state index contributed by atoms with van der Waals surface area (Å²) in [4.78, 5) is 67.8. The monoisotopic (exact) mass is 659 g/mol. The Hall–Kier alpha value is -3.30. The van der Waals surface area contributed by atoms with Gasteiger partial charge in [-0.1, -0.05) is 0 Å². The van der Waals surface area contributed by atoms with Crippen molar-refractivity contribution in [1.82, 2.24) is 5.32 Å². The highest BCUT2D eigenvalue weighted by molar-refractivity contribution is 6.09. The second-order valence-electron chi connectivity index (χ2n) is 10.9. The summed E-state index contributed by atoms with van der Waals surface area (Å²) in [6.07, 6.45) is 4.80. The average molecular weight is 660 g/mol. The van der Waals surface area contributed by atoms with Gasteiger partial charge < -0.3 is 39.8 Å². The highest BCUT2D eigenvalue weighted by Gasteiger charge is 2.23. The minimum Gasteiger partial charge on any atom is -0.478 e. The van der Waals surface area contributed by atoms with Crippen LogP contribution >= 0.6 is 0 Å². The first-order valence-corrected chi connectivity index (χ1v) is 15.4. The van der Waals surface area contributed by atoms with Gasteiger partial charge >= 0.3 is 17.9 Å². The van der Waals surface area contributed by atoms with Crippen LogP contribution in [0.1, 0.15) is 79.1 Å². The molecule has 0 aliphatic carbocycles. The van der Waals surface area contributed by atoms with Gasteiger partial charge in [0.1, 0.15) is 11.6 Å². The molecule has 5 N–H and O–H groups in total. The number of carboxylic acids is 1. The van der Waals surface area contributed by atoms with E-state index in [0.717, 1.165) is 12.2 Å². The van der Waals surface area contributed by atoms with Crippen molar-refractivity contribution in [1.29, 1.82) is 0 Å². The third kappa shape index (κ3) is 29.4. The van der Waals surface area contributed by atoms with E-state index < -0.39 is 23.8 Å². The number of quaternary nitrogens is 1. The lowest BCUT2D eigenvalue weighted by atomic mass is 10.0. The molecule has 0 atom stereocenters. The van der Waals surface area contributed by atoms with Crippen molar-refractivity contribution in [3.63, 3.8) is 0 Å². The Morgan fingerprint density at radius 1 is 0.826 bits per heavy atom. The Labute approximate surface area is 272 Å². The number of nitrogens with one attached hydrogen (secondary N) is 1. The summed E-state index contributed by atoms with van der Waals surface area (Å²) >= 11 is 0. The standard InChI is InChI=1S/C16H27NO6.C13H18O6.C3H9N/c1-12(2)17-15(19)11-13(16(20)21)6-7-14(18)5-4-8-23-10-9-22-3;1-17-7-8-18-6-2-3-11(14)5-4-10-9-12(15)19-13(10)16;1-3(2)4/h11-12H,4-10H2,1-3H3,(H,17,19)(H,20,21);9H,2-8H2,1H3;3H,4H2,1-2H3/p+1/b13-11-;;. The highest BCUT2D eigenvalue weighted by atomic mass is 16.6. The third-order valence-electron chi connectivity index (χ3n) is 5.46. The van der Waals surface area contributed by atoms with Crippen LogP contribution in [-0.4, -0.2) is 106 Å². The number of amides is 1. The smallest absolute Gasteiger partial charge is 0.342 e. The predicted octanol–water partition coefficient (Wildman–Crippen LogP) is 1.74. The number of esters is 2. The van der Waals surface area contributed by atoms with Crippen molar-refractivity contribution < 1.29 is 63.3 Å². The second-order valence-corrected chi connectivity index (χ2v) is 10.9. The first-order chi connectivity index (χ1) is 21.7. The van der Waals surface area contributed by atoms with Crippen molar-refractivity contribution in [2.45, 2.75) is 91.1 Å². The van der Waals surface area contributed by atoms with Crippen LogP contribution in [0.5, 0.6) is 0 Å². The number of Topliss-reactive ketones (excluding diaryl/α,β-unsaturated/α-hetero) is 2. The van der Waals surface area contributed by atoms with Crippen molar-refractivity contribution in [3.8, 4) is 0 Å². The quantitative estimate of drug-likeness (QED) is 0.0620. The summed E-state index contributed by atoms with van der Waals surface area (Å²) in [6, 6.07) is 0.508. The molecule has 0 fully saturated rings. The second kappa shape index (κ2) is 29.1. The zero-order valence-electron chi connectivity index (χ0n) is 28.4. The largest absolute Gasteiger partial charge is 0.478 e. The minimum absolute atomic E-state index is 0.0447. The Bertz CT molecular complexity index is 987. The number of aliphatic carboxylic acids is 1. The summed E-state index contributed by atoms with van der Waals surface area (Å²) in [7, 11) is 3.18. The van der Waals surface area contributed by atoms with E-state index in [1.54, 1.807) is 28.1 Å². The molecule has 1 aliphatic rings. The molecule has 0 unspecified atom stereocenters. The van der Waals surface area contributed by atoms with Gasteiger partial charge in [0.2, 0.25) is 5.91 Å². The zero-order chi connectivity index (χ0) is 35.3. The molecule has 264 valence electrons. The Balaban J connectivity index is 0. The molecule has 14 nitrogen and oxygen atoms in total. The topological polar surface area (TPSA) is 208 Å². The number of carbonyl (C=O) groups excluding carboxylic acids is 5. The van der Waals surface area contributed by atoms with E-state index in [-0.39, 0.29) is 54.4 Å². The fourth-order valence-corrected chi connectivity index (χ4v) is 3.32. The van der Waals surface area contributed by atoms with Crippen molar-refractivity contribution in [3.05, 3.63) is 23.3 Å². The van der Waals surface area contributed by atoms with Crippen LogP contribution in [-0.2, 0) is 52.5 Å². The number of methoxy groups -OCH3 is 2. The molecule has 14 heteroatoms. The summed E-state index contributed by atoms with van der Waals surface area (Å²) < 4.78 is 24.4. The molecular weight excluding hydrogens is 604 g/mol. The maximum absolute atomic E-state index is 11.7. The molecule has 1 heterocycles. The lowest BCUT2D eigenvalue weighted by Gasteiger charge is -2.07. The molecule has 0 aromatic carbocycles. The van der Waals surface area contributed by atoms with Crippen LogP contribution < -0.4 is 11.1 Å². The van der Waals surface area contributed by atoms with E-state index in [0.29, 0.717) is 71.4 Å². The number of cyclic esters (lactones) is 2. The van der Waals surface area contributed by atoms with Gasteiger partial charge in [-0.15, -0.1) is 0 Å². The van der Waals surface area contributed by atoms with Crippen LogP contribution in [0.2, 0.25) is 0 Å². The maximum atomic E-state index is 11.7. The molecule has 0 saturated heterocycles. The molecule has 46 heavy (non-hydrogen) atoms. The number of carbonyl (C=O) groups is 6. The van der Waals surface area contributed by atoms with E-state index >= 15 is 0 Å². The molecule has 1 rings (SSSR count). The summed E-state index contributed by atoms with van der Waals surface area (Å²) in [6.45, 7) is 10.7. The molecule has 0 radical (unpaired) electrons. The van der Waals surface area contributed by atoms with Crippen molar-refractivity contribution in [2.75, 3.05) is 53.9 Å². The molecule has 0 aromatic rings. The van der Waals surface area contributed by atoms with Crippen LogP contribution in [0.15, 0.2) is 23.3 Å². The summed E-state index contributed by atoms with van der Waals surface area (Å²) in [5.41, 5.74) is 3.85. The van der Waals surface area contributed by atoms with Crippen LogP contribution in [0.25, 0.3) is 0 Å². The van der Waals surface area contributed by atoms with Crippen molar-refractivity contribution >= 4 is 35.4 Å². The molecule has 0 spiro atoms. The highest BCUT2D eigenvalue weighted by Crippen LogP contribution is 2.15. The van der Waals surface area contributed by atoms with Crippen LogP contribution in [0.3, 0.4) is 0 Å². The van der Waals surface area contributed by atoms with Gasteiger partial charge in [0.25, 0.3) is 0 Å². The summed E-state index contributed by atoms with van der Waals surface area (Å²) in [5, 5.41) is 11.7. The Morgan fingerprint density at radius 2 is 1.33 bits per heavy atom. The lowest BCUT2D eigenvalue weighted by molar-refractivity contribution is -0.407. The third-order valence-corrected chi connectivity index (χ3v) is 5.46.